The van der Waals surface area contributed by atoms with Crippen LogP contribution in [0, 0.1) is 17.3 Å². The van der Waals surface area contributed by atoms with Gasteiger partial charge in [0.15, 0.2) is 0 Å². The molecule has 1 aliphatic carbocycles. The quantitative estimate of drug-likeness (QED) is 0.641. The molecule has 1 N–H and O–H groups in total. The SMILES string of the molecule is CC(C)[C@H]1CCC(C)(C)C[C@H]1O. The van der Waals surface area contributed by atoms with Gasteiger partial charge in [-0.3, -0.25) is 0 Å². The maximum absolute atomic E-state index is 9.87. The average Bonchev–Trinajstić information content (AvgIpc) is 1.83. The van der Waals surface area contributed by atoms with Gasteiger partial charge >= 0.3 is 0 Å². The first-order chi connectivity index (χ1) is 5.42. The van der Waals surface area contributed by atoms with E-state index >= 15 is 0 Å². The highest BCUT2D eigenvalue weighted by atomic mass is 16.3. The molecule has 1 aliphatic rings. The summed E-state index contributed by atoms with van der Waals surface area (Å²) in [4.78, 5) is 0. The second-order valence-corrected chi connectivity index (χ2v) is 5.38. The van der Waals surface area contributed by atoms with Gasteiger partial charge in [-0.15, -0.1) is 0 Å². The fraction of sp³-hybridized carbons (Fsp3) is 1.00. The number of rotatable bonds is 1. The van der Waals surface area contributed by atoms with Gasteiger partial charge in [0.2, 0.25) is 0 Å². The Kier molecular flexibility index (Phi) is 2.82. The van der Waals surface area contributed by atoms with Gasteiger partial charge in [0.1, 0.15) is 0 Å². The molecular weight excluding hydrogens is 148 g/mol. The van der Waals surface area contributed by atoms with Crippen molar-refractivity contribution in [2.75, 3.05) is 0 Å². The van der Waals surface area contributed by atoms with Crippen LogP contribution < -0.4 is 0 Å². The third-order valence-electron chi connectivity index (χ3n) is 3.27. The van der Waals surface area contributed by atoms with E-state index in [1.807, 2.05) is 0 Å². The van der Waals surface area contributed by atoms with Gasteiger partial charge in [-0.1, -0.05) is 27.7 Å². The predicted molar refractivity (Wildman–Crippen MR) is 52.0 cm³/mol. The van der Waals surface area contributed by atoms with Crippen LogP contribution in [0.4, 0.5) is 0 Å². The molecule has 0 aromatic carbocycles. The second kappa shape index (κ2) is 3.37. The van der Waals surface area contributed by atoms with Crippen molar-refractivity contribution in [1.29, 1.82) is 0 Å². The Balaban J connectivity index is 2.54. The lowest BCUT2D eigenvalue weighted by Gasteiger charge is -2.40. The van der Waals surface area contributed by atoms with Crippen molar-refractivity contribution in [3.63, 3.8) is 0 Å². The fourth-order valence-electron chi connectivity index (χ4n) is 2.35. The van der Waals surface area contributed by atoms with Gasteiger partial charge in [0, 0.05) is 0 Å². The summed E-state index contributed by atoms with van der Waals surface area (Å²) < 4.78 is 0. The first-order valence-electron chi connectivity index (χ1n) is 5.10. The zero-order valence-corrected chi connectivity index (χ0v) is 8.80. The second-order valence-electron chi connectivity index (χ2n) is 5.38. The minimum atomic E-state index is -0.0613. The summed E-state index contributed by atoms with van der Waals surface area (Å²) >= 11 is 0. The smallest absolute Gasteiger partial charge is 0.0575 e. The van der Waals surface area contributed by atoms with Gasteiger partial charge in [0.05, 0.1) is 6.10 Å². The Labute approximate surface area is 76.2 Å². The summed E-state index contributed by atoms with van der Waals surface area (Å²) in [5, 5.41) is 9.87. The molecule has 0 aromatic heterocycles. The molecule has 1 saturated carbocycles. The van der Waals surface area contributed by atoms with E-state index < -0.39 is 0 Å². The van der Waals surface area contributed by atoms with Crippen LogP contribution in [0.2, 0.25) is 0 Å². The molecule has 2 atom stereocenters. The van der Waals surface area contributed by atoms with Crippen molar-refractivity contribution >= 4 is 0 Å². The zero-order chi connectivity index (χ0) is 9.35. The summed E-state index contributed by atoms with van der Waals surface area (Å²) in [5.74, 6) is 1.18. The van der Waals surface area contributed by atoms with Gasteiger partial charge in [-0.2, -0.15) is 0 Å². The van der Waals surface area contributed by atoms with E-state index in [9.17, 15) is 5.11 Å². The standard InChI is InChI=1S/C11H22O/c1-8(2)9-5-6-11(3,4)7-10(9)12/h8-10,12H,5-7H2,1-4H3/t9-,10-/m1/s1. The zero-order valence-electron chi connectivity index (χ0n) is 8.80. The Morgan fingerprint density at radius 2 is 1.92 bits per heavy atom. The minimum absolute atomic E-state index is 0.0613. The van der Waals surface area contributed by atoms with Crippen LogP contribution in [-0.2, 0) is 0 Å². The fourth-order valence-corrected chi connectivity index (χ4v) is 2.35. The molecule has 72 valence electrons. The largest absolute Gasteiger partial charge is 0.393 e. The predicted octanol–water partition coefficient (Wildman–Crippen LogP) is 2.83. The van der Waals surface area contributed by atoms with E-state index in [2.05, 4.69) is 27.7 Å². The summed E-state index contributed by atoms with van der Waals surface area (Å²) in [5.41, 5.74) is 0.366. The molecule has 0 aromatic rings. The summed E-state index contributed by atoms with van der Waals surface area (Å²) in [6, 6.07) is 0. The van der Waals surface area contributed by atoms with Crippen LogP contribution in [0.1, 0.15) is 47.0 Å². The number of aliphatic hydroxyl groups is 1. The van der Waals surface area contributed by atoms with Crippen LogP contribution in [0.25, 0.3) is 0 Å². The monoisotopic (exact) mass is 170 g/mol. The molecule has 0 unspecified atom stereocenters. The topological polar surface area (TPSA) is 20.2 Å². The van der Waals surface area contributed by atoms with Crippen molar-refractivity contribution in [3.8, 4) is 0 Å². The van der Waals surface area contributed by atoms with Crippen molar-refractivity contribution in [2.45, 2.75) is 53.1 Å². The molecule has 0 radical (unpaired) electrons. The van der Waals surface area contributed by atoms with Gasteiger partial charge in [0.25, 0.3) is 0 Å². The molecule has 0 aliphatic heterocycles. The lowest BCUT2D eigenvalue weighted by molar-refractivity contribution is -0.00325. The van der Waals surface area contributed by atoms with E-state index in [0.717, 1.165) is 6.42 Å². The van der Waals surface area contributed by atoms with Gasteiger partial charge < -0.3 is 5.11 Å². The maximum atomic E-state index is 9.87. The molecule has 12 heavy (non-hydrogen) atoms. The van der Waals surface area contributed by atoms with Crippen molar-refractivity contribution in [1.82, 2.24) is 0 Å². The number of aliphatic hydroxyl groups excluding tert-OH is 1. The normalized spacial score (nSPS) is 35.5. The van der Waals surface area contributed by atoms with Gasteiger partial charge in [-0.25, -0.2) is 0 Å². The van der Waals surface area contributed by atoms with Crippen LogP contribution in [0.3, 0.4) is 0 Å². The molecular formula is C11H22O. The van der Waals surface area contributed by atoms with Crippen molar-refractivity contribution < 1.29 is 5.11 Å². The Morgan fingerprint density at radius 3 is 2.33 bits per heavy atom. The molecule has 1 nitrogen and oxygen atoms in total. The highest BCUT2D eigenvalue weighted by molar-refractivity contribution is 4.85. The highest BCUT2D eigenvalue weighted by Crippen LogP contribution is 2.40. The Morgan fingerprint density at radius 1 is 1.33 bits per heavy atom. The molecule has 0 saturated heterocycles. The van der Waals surface area contributed by atoms with Crippen LogP contribution in [-0.4, -0.2) is 11.2 Å². The van der Waals surface area contributed by atoms with E-state index in [-0.39, 0.29) is 6.10 Å². The molecule has 1 fully saturated rings. The summed E-state index contributed by atoms with van der Waals surface area (Å²) in [6.07, 6.45) is 3.39. The number of hydrogen-bond acceptors (Lipinski definition) is 1. The summed E-state index contributed by atoms with van der Waals surface area (Å²) in [7, 11) is 0. The molecule has 0 heterocycles. The Hall–Kier alpha value is -0.0400. The Bertz CT molecular complexity index is 149. The lowest BCUT2D eigenvalue weighted by atomic mass is 9.68. The van der Waals surface area contributed by atoms with Gasteiger partial charge in [-0.05, 0) is 36.5 Å². The molecule has 1 rings (SSSR count). The van der Waals surface area contributed by atoms with Crippen LogP contribution in [0.5, 0.6) is 0 Å². The van der Waals surface area contributed by atoms with Crippen molar-refractivity contribution in [2.24, 2.45) is 17.3 Å². The maximum Gasteiger partial charge on any atom is 0.0575 e. The molecule has 0 bridgehead atoms. The number of hydrogen-bond donors (Lipinski definition) is 1. The molecule has 1 heteroatoms. The minimum Gasteiger partial charge on any atom is -0.393 e. The van der Waals surface area contributed by atoms with E-state index in [1.165, 1.54) is 12.8 Å². The van der Waals surface area contributed by atoms with E-state index in [4.69, 9.17) is 0 Å². The molecule has 0 spiro atoms. The van der Waals surface area contributed by atoms with E-state index in [1.54, 1.807) is 0 Å². The third kappa shape index (κ3) is 2.22. The van der Waals surface area contributed by atoms with Crippen LogP contribution in [0.15, 0.2) is 0 Å². The molecule has 0 amide bonds. The lowest BCUT2D eigenvalue weighted by Crippen LogP contribution is -2.36. The summed E-state index contributed by atoms with van der Waals surface area (Å²) in [6.45, 7) is 8.94. The average molecular weight is 170 g/mol. The van der Waals surface area contributed by atoms with E-state index in [0.29, 0.717) is 17.3 Å². The third-order valence-corrected chi connectivity index (χ3v) is 3.27. The van der Waals surface area contributed by atoms with Crippen molar-refractivity contribution in [3.05, 3.63) is 0 Å². The highest BCUT2D eigenvalue weighted by Gasteiger charge is 2.34. The first-order valence-corrected chi connectivity index (χ1v) is 5.10. The van der Waals surface area contributed by atoms with Crippen LogP contribution >= 0.6 is 0 Å². The first kappa shape index (κ1) is 10.0.